The average molecular weight is 286 g/mol. The van der Waals surface area contributed by atoms with Crippen molar-refractivity contribution in [1.82, 2.24) is 14.8 Å². The lowest BCUT2D eigenvalue weighted by Gasteiger charge is -2.26. The van der Waals surface area contributed by atoms with E-state index in [0.29, 0.717) is 0 Å². The van der Waals surface area contributed by atoms with Gasteiger partial charge in [0.15, 0.2) is 17.3 Å². The summed E-state index contributed by atoms with van der Waals surface area (Å²) in [4.78, 5) is 7.02. The number of ether oxygens (including phenoxy) is 2. The Morgan fingerprint density at radius 3 is 2.71 bits per heavy atom. The summed E-state index contributed by atoms with van der Waals surface area (Å²) in [5, 5.41) is 4.55. The van der Waals surface area contributed by atoms with Crippen LogP contribution in [0.5, 0.6) is 11.5 Å². The normalized spacial score (nSPS) is 17.3. The van der Waals surface area contributed by atoms with E-state index in [9.17, 15) is 0 Å². The third-order valence-corrected chi connectivity index (χ3v) is 4.01. The molecule has 0 atom stereocenters. The molecule has 21 heavy (non-hydrogen) atoms. The molecular formula is C15H18N4O2. The van der Waals surface area contributed by atoms with Crippen molar-refractivity contribution >= 4 is 5.95 Å². The van der Waals surface area contributed by atoms with Crippen LogP contribution in [0.1, 0.15) is 19.3 Å². The molecule has 0 radical (unpaired) electrons. The highest BCUT2D eigenvalue weighted by molar-refractivity contribution is 5.62. The van der Waals surface area contributed by atoms with E-state index in [2.05, 4.69) is 10.00 Å². The molecule has 2 aliphatic heterocycles. The topological polar surface area (TPSA) is 52.4 Å². The summed E-state index contributed by atoms with van der Waals surface area (Å²) < 4.78 is 12.6. The molecule has 0 spiro atoms. The van der Waals surface area contributed by atoms with Crippen LogP contribution in [0, 0.1) is 0 Å². The third kappa shape index (κ3) is 2.20. The minimum atomic E-state index is 0.285. The van der Waals surface area contributed by atoms with Gasteiger partial charge in [-0.15, -0.1) is 5.10 Å². The molecule has 0 saturated carbocycles. The van der Waals surface area contributed by atoms with Crippen molar-refractivity contribution in [1.29, 1.82) is 0 Å². The molecular weight excluding hydrogens is 268 g/mol. The molecule has 0 aliphatic carbocycles. The van der Waals surface area contributed by atoms with Gasteiger partial charge in [-0.25, -0.2) is 4.68 Å². The Kier molecular flexibility index (Phi) is 2.94. The van der Waals surface area contributed by atoms with E-state index in [1.165, 1.54) is 19.3 Å². The van der Waals surface area contributed by atoms with Gasteiger partial charge in [0, 0.05) is 25.7 Å². The Morgan fingerprint density at radius 2 is 1.86 bits per heavy atom. The summed E-state index contributed by atoms with van der Waals surface area (Å²) in [6.45, 7) is 2.41. The second-order valence-electron chi connectivity index (χ2n) is 5.47. The van der Waals surface area contributed by atoms with Crippen LogP contribution in [-0.4, -0.2) is 34.6 Å². The molecule has 6 heteroatoms. The summed E-state index contributed by atoms with van der Waals surface area (Å²) in [6.07, 6.45) is 3.77. The van der Waals surface area contributed by atoms with E-state index in [-0.39, 0.29) is 6.79 Å². The molecule has 0 N–H and O–H groups in total. The number of rotatable bonds is 2. The van der Waals surface area contributed by atoms with Gasteiger partial charge in [0.2, 0.25) is 12.7 Å². The molecule has 1 saturated heterocycles. The van der Waals surface area contributed by atoms with E-state index in [1.54, 1.807) is 0 Å². The Balaban J connectivity index is 1.66. The number of hydrogen-bond acceptors (Lipinski definition) is 5. The molecule has 2 aliphatic rings. The highest BCUT2D eigenvalue weighted by Gasteiger charge is 2.20. The van der Waals surface area contributed by atoms with Crippen molar-refractivity contribution in [2.24, 2.45) is 7.05 Å². The van der Waals surface area contributed by atoms with Gasteiger partial charge in [-0.3, -0.25) is 0 Å². The van der Waals surface area contributed by atoms with Crippen molar-refractivity contribution in [2.75, 3.05) is 24.8 Å². The van der Waals surface area contributed by atoms with Gasteiger partial charge in [-0.05, 0) is 37.5 Å². The van der Waals surface area contributed by atoms with E-state index < -0.39 is 0 Å². The first kappa shape index (κ1) is 12.5. The van der Waals surface area contributed by atoms with Gasteiger partial charge in [-0.1, -0.05) is 0 Å². The molecule has 0 amide bonds. The molecule has 110 valence electrons. The lowest BCUT2D eigenvalue weighted by atomic mass is 10.1. The van der Waals surface area contributed by atoms with Crippen molar-refractivity contribution in [3.05, 3.63) is 18.2 Å². The molecule has 0 bridgehead atoms. The van der Waals surface area contributed by atoms with Gasteiger partial charge in [0.05, 0.1) is 0 Å². The minimum Gasteiger partial charge on any atom is -0.454 e. The maximum atomic E-state index is 5.42. The molecule has 3 heterocycles. The van der Waals surface area contributed by atoms with Crippen LogP contribution in [0.2, 0.25) is 0 Å². The first-order valence-electron chi connectivity index (χ1n) is 7.37. The molecule has 1 aromatic heterocycles. The summed E-state index contributed by atoms with van der Waals surface area (Å²) in [6, 6.07) is 5.83. The predicted octanol–water partition coefficient (Wildman–Crippen LogP) is 2.20. The van der Waals surface area contributed by atoms with Crippen LogP contribution in [0.3, 0.4) is 0 Å². The minimum absolute atomic E-state index is 0.285. The number of aromatic nitrogens is 3. The Morgan fingerprint density at radius 1 is 1.05 bits per heavy atom. The first-order chi connectivity index (χ1) is 10.3. The third-order valence-electron chi connectivity index (χ3n) is 4.01. The second kappa shape index (κ2) is 4.95. The molecule has 6 nitrogen and oxygen atoms in total. The summed E-state index contributed by atoms with van der Waals surface area (Å²) in [5.74, 6) is 3.23. The molecule has 1 fully saturated rings. The number of aryl methyl sites for hydroxylation is 1. The van der Waals surface area contributed by atoms with Crippen LogP contribution in [0.15, 0.2) is 18.2 Å². The van der Waals surface area contributed by atoms with Gasteiger partial charge >= 0.3 is 0 Å². The average Bonchev–Trinajstić information content (AvgIpc) is 3.13. The van der Waals surface area contributed by atoms with E-state index in [1.807, 2.05) is 29.9 Å². The van der Waals surface area contributed by atoms with Crippen molar-refractivity contribution in [3.8, 4) is 22.9 Å². The fourth-order valence-electron chi connectivity index (χ4n) is 2.90. The summed E-state index contributed by atoms with van der Waals surface area (Å²) in [7, 11) is 1.95. The number of piperidine rings is 1. The van der Waals surface area contributed by atoms with E-state index in [0.717, 1.165) is 41.9 Å². The Bertz CT molecular complexity index is 662. The number of fused-ring (bicyclic) bond motifs is 1. The highest BCUT2D eigenvalue weighted by atomic mass is 16.7. The van der Waals surface area contributed by atoms with Gasteiger partial charge in [-0.2, -0.15) is 4.98 Å². The molecule has 2 aromatic rings. The lowest BCUT2D eigenvalue weighted by Crippen LogP contribution is -2.31. The van der Waals surface area contributed by atoms with Crippen LogP contribution < -0.4 is 14.4 Å². The van der Waals surface area contributed by atoms with Crippen LogP contribution in [-0.2, 0) is 7.05 Å². The molecule has 1 aromatic carbocycles. The van der Waals surface area contributed by atoms with Crippen molar-refractivity contribution < 1.29 is 9.47 Å². The highest BCUT2D eigenvalue weighted by Crippen LogP contribution is 2.35. The number of benzene rings is 1. The number of nitrogens with zero attached hydrogens (tertiary/aromatic N) is 4. The number of hydrogen-bond donors (Lipinski definition) is 0. The summed E-state index contributed by atoms with van der Waals surface area (Å²) in [5.41, 5.74) is 0.957. The fraction of sp³-hybridized carbons (Fsp3) is 0.467. The largest absolute Gasteiger partial charge is 0.454 e. The zero-order valence-electron chi connectivity index (χ0n) is 12.1. The zero-order chi connectivity index (χ0) is 14.2. The lowest BCUT2D eigenvalue weighted by molar-refractivity contribution is 0.174. The van der Waals surface area contributed by atoms with Crippen LogP contribution in [0.4, 0.5) is 5.95 Å². The molecule has 0 unspecified atom stereocenters. The van der Waals surface area contributed by atoms with Crippen molar-refractivity contribution in [2.45, 2.75) is 19.3 Å². The fourth-order valence-corrected chi connectivity index (χ4v) is 2.90. The van der Waals surface area contributed by atoms with Gasteiger partial charge in [0.1, 0.15) is 0 Å². The van der Waals surface area contributed by atoms with Crippen LogP contribution >= 0.6 is 0 Å². The van der Waals surface area contributed by atoms with Crippen molar-refractivity contribution in [3.63, 3.8) is 0 Å². The maximum Gasteiger partial charge on any atom is 0.231 e. The van der Waals surface area contributed by atoms with E-state index in [4.69, 9.17) is 14.5 Å². The maximum absolute atomic E-state index is 5.42. The quantitative estimate of drug-likeness (QED) is 0.847. The second-order valence-corrected chi connectivity index (χ2v) is 5.47. The monoisotopic (exact) mass is 286 g/mol. The number of anilines is 1. The summed E-state index contributed by atoms with van der Waals surface area (Å²) >= 11 is 0. The predicted molar refractivity (Wildman–Crippen MR) is 78.6 cm³/mol. The first-order valence-corrected chi connectivity index (χ1v) is 7.37. The molecule has 4 rings (SSSR count). The van der Waals surface area contributed by atoms with Gasteiger partial charge < -0.3 is 14.4 Å². The Labute approximate surface area is 123 Å². The smallest absolute Gasteiger partial charge is 0.231 e. The van der Waals surface area contributed by atoms with Gasteiger partial charge in [0.25, 0.3) is 0 Å². The van der Waals surface area contributed by atoms with Crippen LogP contribution in [0.25, 0.3) is 11.4 Å². The zero-order valence-corrected chi connectivity index (χ0v) is 12.1. The Hall–Kier alpha value is -2.24. The van der Waals surface area contributed by atoms with E-state index >= 15 is 0 Å². The SMILES string of the molecule is Cn1nc(-c2ccc3c(c2)OCO3)nc1N1CCCCC1. The standard InChI is InChI=1S/C15H18N4O2/c1-18-15(19-7-3-2-4-8-19)16-14(17-18)11-5-6-12-13(9-11)21-10-20-12/h5-6,9H,2-4,7-8,10H2,1H3.